The second-order valence-electron chi connectivity index (χ2n) is 10.3. The lowest BCUT2D eigenvalue weighted by molar-refractivity contribution is -0.640. The van der Waals surface area contributed by atoms with E-state index in [2.05, 4.69) is 60.5 Å². The van der Waals surface area contributed by atoms with Gasteiger partial charge < -0.3 is 32.1 Å². The van der Waals surface area contributed by atoms with Crippen LogP contribution in [0.2, 0.25) is 0 Å². The minimum absolute atomic E-state index is 0. The summed E-state index contributed by atoms with van der Waals surface area (Å²) in [6.45, 7) is 7.79. The third-order valence-corrected chi connectivity index (χ3v) is 8.37. The average Bonchev–Trinajstić information content (AvgIpc) is 3.27. The van der Waals surface area contributed by atoms with Crippen LogP contribution in [0.3, 0.4) is 0 Å². The van der Waals surface area contributed by atoms with E-state index in [1.165, 1.54) is 5.56 Å². The van der Waals surface area contributed by atoms with Crippen molar-refractivity contribution in [3.8, 4) is 11.5 Å². The fourth-order valence-electron chi connectivity index (χ4n) is 6.61. The van der Waals surface area contributed by atoms with Crippen molar-refractivity contribution in [3.63, 3.8) is 0 Å². The van der Waals surface area contributed by atoms with E-state index in [0.29, 0.717) is 24.3 Å². The molecule has 2 aromatic carbocycles. The normalized spacial score (nSPS) is 28.2. The number of rotatable bonds is 4. The summed E-state index contributed by atoms with van der Waals surface area (Å²) in [5.41, 5.74) is 2.38. The highest BCUT2D eigenvalue weighted by atomic mass is 35.5. The first-order chi connectivity index (χ1) is 16.0. The van der Waals surface area contributed by atoms with Crippen molar-refractivity contribution in [1.82, 2.24) is 4.90 Å². The molecule has 3 aliphatic rings. The van der Waals surface area contributed by atoms with Crippen LogP contribution in [0.4, 0.5) is 0 Å². The first kappa shape index (κ1) is 24.9. The van der Waals surface area contributed by atoms with E-state index in [-0.39, 0.29) is 29.8 Å². The van der Waals surface area contributed by atoms with Crippen LogP contribution in [0.5, 0.6) is 11.5 Å². The number of ether oxygens (including phenoxy) is 2. The van der Waals surface area contributed by atoms with Gasteiger partial charge in [0, 0.05) is 18.2 Å². The zero-order chi connectivity index (χ0) is 23.0. The molecule has 3 heterocycles. The Morgan fingerprint density at radius 3 is 2.71 bits per heavy atom. The Kier molecular flexibility index (Phi) is 7.44. The number of methoxy groups -OCH3 is 1. The van der Waals surface area contributed by atoms with Gasteiger partial charge in [0.05, 0.1) is 32.2 Å². The predicted molar refractivity (Wildman–Crippen MR) is 129 cm³/mol. The number of halogens is 1. The van der Waals surface area contributed by atoms with Crippen LogP contribution < -0.4 is 27.2 Å². The Labute approximate surface area is 209 Å². The fraction of sp³-hybridized carbons (Fsp3) is 0.536. The molecule has 1 amide bonds. The largest absolute Gasteiger partial charge is 1.00 e. The quantitative estimate of drug-likeness (QED) is 0.681. The standard InChI is InChI=1S/C28H36N2O3.ClH/c1-19(2)24-16-21(20-8-5-4-6-9-20)12-14-30(24)27(31)23-17-29-18-28(23)13-15-33-26-22(28)10-7-11-25(26)32-3;/h4-11,19,21,23-24,29H,12-18H2,1-3H3;1H/t21-,23+,24+,28+;/m1./s1. The van der Waals surface area contributed by atoms with E-state index in [4.69, 9.17) is 9.47 Å². The molecule has 0 radical (unpaired) electrons. The van der Waals surface area contributed by atoms with E-state index in [0.717, 1.165) is 56.0 Å². The molecule has 0 bridgehead atoms. The highest BCUT2D eigenvalue weighted by Crippen LogP contribution is 2.49. The minimum atomic E-state index is -0.184. The number of nitrogens with two attached hydrogens (primary N) is 1. The van der Waals surface area contributed by atoms with E-state index >= 15 is 0 Å². The maximum absolute atomic E-state index is 14.2. The SMILES string of the molecule is COc1cccc2c1OCC[C@]21C[NH2+]C[C@H]1C(=O)N1CC[C@@H](c2ccccc2)C[C@H]1C(C)C.[Cl-]. The molecule has 2 saturated heterocycles. The van der Waals surface area contributed by atoms with Crippen molar-refractivity contribution in [2.45, 2.75) is 50.5 Å². The van der Waals surface area contributed by atoms with E-state index in [1.54, 1.807) is 7.11 Å². The monoisotopic (exact) mass is 484 g/mol. The highest BCUT2D eigenvalue weighted by molar-refractivity contribution is 5.82. The van der Waals surface area contributed by atoms with Crippen molar-refractivity contribution >= 4 is 5.91 Å². The van der Waals surface area contributed by atoms with Crippen molar-refractivity contribution in [1.29, 1.82) is 0 Å². The van der Waals surface area contributed by atoms with Crippen LogP contribution in [0, 0.1) is 11.8 Å². The van der Waals surface area contributed by atoms with E-state index < -0.39 is 0 Å². The summed E-state index contributed by atoms with van der Waals surface area (Å²) < 4.78 is 11.7. The Morgan fingerprint density at radius 1 is 1.18 bits per heavy atom. The van der Waals surface area contributed by atoms with Crippen LogP contribution in [-0.4, -0.2) is 50.2 Å². The highest BCUT2D eigenvalue weighted by Gasteiger charge is 2.56. The number of carbonyl (C=O) groups is 1. The maximum atomic E-state index is 14.2. The van der Waals surface area contributed by atoms with Crippen LogP contribution in [-0.2, 0) is 10.2 Å². The third kappa shape index (κ3) is 4.18. The number of carbonyl (C=O) groups excluding carboxylic acids is 1. The minimum Gasteiger partial charge on any atom is -1.00 e. The number of quaternary nitrogens is 1. The Balaban J connectivity index is 0.00000274. The number of amides is 1. The average molecular weight is 485 g/mol. The third-order valence-electron chi connectivity index (χ3n) is 8.37. The molecule has 2 N–H and O–H groups in total. The smallest absolute Gasteiger partial charge is 0.232 e. The number of para-hydroxylation sites is 1. The molecule has 1 spiro atoms. The summed E-state index contributed by atoms with van der Waals surface area (Å²) in [7, 11) is 1.69. The predicted octanol–water partition coefficient (Wildman–Crippen LogP) is 0.344. The van der Waals surface area contributed by atoms with Crippen molar-refractivity contribution in [2.75, 3.05) is 33.4 Å². The Hall–Kier alpha value is -2.24. The molecule has 184 valence electrons. The van der Waals surface area contributed by atoms with Gasteiger partial charge in [0.25, 0.3) is 0 Å². The molecule has 4 atom stereocenters. The van der Waals surface area contributed by atoms with Gasteiger partial charge in [0.15, 0.2) is 11.5 Å². The van der Waals surface area contributed by atoms with Gasteiger partial charge in [-0.25, -0.2) is 0 Å². The number of nitrogens with zero attached hydrogens (tertiary/aromatic N) is 1. The molecular weight excluding hydrogens is 448 g/mol. The van der Waals surface area contributed by atoms with Crippen LogP contribution in [0.1, 0.15) is 50.2 Å². The van der Waals surface area contributed by atoms with Crippen LogP contribution >= 0.6 is 0 Å². The molecule has 0 saturated carbocycles. The van der Waals surface area contributed by atoms with Gasteiger partial charge in [0.1, 0.15) is 5.92 Å². The lowest BCUT2D eigenvalue weighted by Gasteiger charge is -2.45. The number of likely N-dealkylation sites (tertiary alicyclic amines) is 1. The molecule has 2 fully saturated rings. The topological polar surface area (TPSA) is 55.4 Å². The summed E-state index contributed by atoms with van der Waals surface area (Å²) >= 11 is 0. The molecule has 34 heavy (non-hydrogen) atoms. The van der Waals surface area contributed by atoms with Gasteiger partial charge in [-0.1, -0.05) is 56.3 Å². The summed E-state index contributed by atoms with van der Waals surface area (Å²) in [4.78, 5) is 16.5. The van der Waals surface area contributed by atoms with Gasteiger partial charge in [-0.15, -0.1) is 0 Å². The molecular formula is C28H37ClN2O3. The number of fused-ring (bicyclic) bond motifs is 2. The fourth-order valence-corrected chi connectivity index (χ4v) is 6.61. The van der Waals surface area contributed by atoms with E-state index in [9.17, 15) is 4.79 Å². The Morgan fingerprint density at radius 2 is 1.97 bits per heavy atom. The molecule has 5 nitrogen and oxygen atoms in total. The van der Waals surface area contributed by atoms with Crippen LogP contribution in [0.25, 0.3) is 0 Å². The molecule has 2 aromatic rings. The van der Waals surface area contributed by atoms with Crippen molar-refractivity contribution in [3.05, 3.63) is 59.7 Å². The van der Waals surface area contributed by atoms with Crippen LogP contribution in [0.15, 0.2) is 48.5 Å². The second kappa shape index (κ2) is 10.2. The number of hydrogen-bond acceptors (Lipinski definition) is 3. The number of piperidine rings is 1. The van der Waals surface area contributed by atoms with Gasteiger partial charge >= 0.3 is 0 Å². The molecule has 0 aromatic heterocycles. The molecule has 0 unspecified atom stereocenters. The lowest BCUT2D eigenvalue weighted by Crippen LogP contribution is -3.00. The lowest BCUT2D eigenvalue weighted by atomic mass is 9.68. The zero-order valence-corrected chi connectivity index (χ0v) is 21.3. The summed E-state index contributed by atoms with van der Waals surface area (Å²) in [6, 6.07) is 17.3. The van der Waals surface area contributed by atoms with Gasteiger partial charge in [-0.3, -0.25) is 4.79 Å². The van der Waals surface area contributed by atoms with Gasteiger partial charge in [-0.2, -0.15) is 0 Å². The molecule has 5 rings (SSSR count). The second-order valence-corrected chi connectivity index (χ2v) is 10.3. The zero-order valence-electron chi connectivity index (χ0n) is 20.5. The Bertz CT molecular complexity index is 998. The van der Waals surface area contributed by atoms with Crippen molar-refractivity contribution in [2.24, 2.45) is 11.8 Å². The first-order valence-electron chi connectivity index (χ1n) is 12.5. The van der Waals surface area contributed by atoms with Crippen molar-refractivity contribution < 1.29 is 32.0 Å². The maximum Gasteiger partial charge on any atom is 0.232 e. The number of benzene rings is 2. The molecule has 3 aliphatic heterocycles. The number of hydrogen-bond donors (Lipinski definition) is 1. The van der Waals surface area contributed by atoms with Gasteiger partial charge in [-0.05, 0) is 42.7 Å². The first-order valence-corrected chi connectivity index (χ1v) is 12.5. The van der Waals surface area contributed by atoms with E-state index in [1.807, 2.05) is 12.1 Å². The summed E-state index contributed by atoms with van der Waals surface area (Å²) in [5, 5.41) is 2.33. The summed E-state index contributed by atoms with van der Waals surface area (Å²) in [6.07, 6.45) is 2.97. The van der Waals surface area contributed by atoms with Gasteiger partial charge in [0.2, 0.25) is 5.91 Å². The molecule has 6 heteroatoms. The summed E-state index contributed by atoms with van der Waals surface area (Å²) in [5.74, 6) is 2.88. The molecule has 0 aliphatic carbocycles.